The third-order valence-corrected chi connectivity index (χ3v) is 9.25. The van der Waals surface area contributed by atoms with Crippen LogP contribution in [0.5, 0.6) is 0 Å². The number of halogens is 1. The fourth-order valence-electron chi connectivity index (χ4n) is 4.16. The first-order valence-electron chi connectivity index (χ1n) is 12.1. The molecule has 0 aliphatic rings. The van der Waals surface area contributed by atoms with Crippen LogP contribution in [0.25, 0.3) is 16.5 Å². The highest BCUT2D eigenvalue weighted by atomic mass is 32.2. The lowest BCUT2D eigenvalue weighted by Gasteiger charge is -2.15. The molecule has 0 spiro atoms. The number of pyridine rings is 1. The van der Waals surface area contributed by atoms with Crippen molar-refractivity contribution in [3.05, 3.63) is 93.0 Å². The summed E-state index contributed by atoms with van der Waals surface area (Å²) in [5.74, 6) is -2.44. The number of carbonyl (C=O) groups is 2. The quantitative estimate of drug-likeness (QED) is 0.314. The Balaban J connectivity index is 1.65. The van der Waals surface area contributed by atoms with Crippen LogP contribution in [0, 0.1) is 12.7 Å². The molecule has 4 rings (SSSR count). The summed E-state index contributed by atoms with van der Waals surface area (Å²) in [6.07, 6.45) is 1.04. The zero-order valence-electron chi connectivity index (χ0n) is 21.7. The maximum Gasteiger partial charge on any atom is 0.263 e. The van der Waals surface area contributed by atoms with E-state index in [1.807, 2.05) is 25.9 Å². The first-order chi connectivity index (χ1) is 18.5. The zero-order chi connectivity index (χ0) is 28.3. The minimum absolute atomic E-state index is 0.0905. The smallest absolute Gasteiger partial charge is 0.263 e. The van der Waals surface area contributed by atoms with Crippen molar-refractivity contribution >= 4 is 43.6 Å². The van der Waals surface area contributed by atoms with E-state index in [9.17, 15) is 22.8 Å². The lowest BCUT2D eigenvalue weighted by atomic mass is 10.0. The Morgan fingerprint density at radius 3 is 2.51 bits per heavy atom. The molecule has 4 aromatic rings. The van der Waals surface area contributed by atoms with Gasteiger partial charge in [0.25, 0.3) is 11.5 Å². The average Bonchev–Trinajstić information content (AvgIpc) is 3.40. The number of hydrogen-bond donors (Lipinski definition) is 1. The van der Waals surface area contributed by atoms with Crippen LogP contribution in [-0.4, -0.2) is 62.5 Å². The van der Waals surface area contributed by atoms with Gasteiger partial charge in [-0.1, -0.05) is 29.8 Å². The van der Waals surface area contributed by atoms with E-state index in [2.05, 4.69) is 5.32 Å². The topological polar surface area (TPSA) is 106 Å². The molecule has 11 heteroatoms. The third-order valence-electron chi connectivity index (χ3n) is 6.09. The number of nitrogens with zero attached hydrogens (tertiary/aromatic N) is 2. The van der Waals surface area contributed by atoms with Crippen molar-refractivity contribution in [2.45, 2.75) is 17.6 Å². The fraction of sp³-hybridized carbons (Fsp3) is 0.250. The van der Waals surface area contributed by atoms with Crippen molar-refractivity contribution in [1.29, 1.82) is 0 Å². The van der Waals surface area contributed by atoms with Gasteiger partial charge in [-0.15, -0.1) is 11.3 Å². The molecular weight excluding hydrogens is 541 g/mol. The summed E-state index contributed by atoms with van der Waals surface area (Å²) in [6, 6.07) is 12.0. The van der Waals surface area contributed by atoms with Crippen LogP contribution in [0.4, 0.5) is 4.39 Å². The summed E-state index contributed by atoms with van der Waals surface area (Å²) >= 11 is 1.03. The molecule has 0 saturated carbocycles. The second-order valence-corrected chi connectivity index (χ2v) is 12.7. The van der Waals surface area contributed by atoms with Crippen LogP contribution in [0.1, 0.15) is 21.5 Å². The van der Waals surface area contributed by atoms with Crippen molar-refractivity contribution in [3.8, 4) is 5.69 Å². The Labute approximate surface area is 229 Å². The monoisotopic (exact) mass is 569 g/mol. The van der Waals surface area contributed by atoms with Crippen molar-refractivity contribution in [2.75, 3.05) is 32.9 Å². The Morgan fingerprint density at radius 1 is 1.08 bits per heavy atom. The second kappa shape index (κ2) is 11.6. The molecule has 8 nitrogen and oxygen atoms in total. The standard InChI is InChI=1S/C28H28FN3O5S2/c1-18-6-8-21-22(13-18)23(27(34)30-10-11-31(2)3)16-32(28(21)35)25-9-7-19(15-24(25)29)14-20(33)17-39(36,37)26-5-4-12-38-26/h4-9,12-13,15-16H,10-11,14,17H2,1-3H3,(H,30,34). The van der Waals surface area contributed by atoms with Gasteiger partial charge in [0.2, 0.25) is 0 Å². The molecule has 0 aliphatic carbocycles. The maximum atomic E-state index is 15.3. The number of nitrogens with one attached hydrogen (secondary N) is 1. The number of ketones is 1. The van der Waals surface area contributed by atoms with E-state index in [4.69, 9.17) is 0 Å². The van der Waals surface area contributed by atoms with E-state index < -0.39 is 38.7 Å². The summed E-state index contributed by atoms with van der Waals surface area (Å²) < 4.78 is 41.3. The molecule has 0 bridgehead atoms. The van der Waals surface area contributed by atoms with Gasteiger partial charge in [0, 0.05) is 36.5 Å². The SMILES string of the molecule is Cc1ccc2c(=O)n(-c3ccc(CC(=O)CS(=O)(=O)c4cccs4)cc3F)cc(C(=O)NCCN(C)C)c2c1. The van der Waals surface area contributed by atoms with Gasteiger partial charge in [-0.05, 0) is 56.2 Å². The first-order valence-corrected chi connectivity index (χ1v) is 14.6. The lowest BCUT2D eigenvalue weighted by molar-refractivity contribution is -0.116. The van der Waals surface area contributed by atoms with Gasteiger partial charge in [0.15, 0.2) is 15.6 Å². The number of hydrogen-bond acceptors (Lipinski definition) is 7. The molecule has 2 heterocycles. The van der Waals surface area contributed by atoms with Gasteiger partial charge in [0.05, 0.1) is 11.3 Å². The van der Waals surface area contributed by atoms with E-state index in [0.29, 0.717) is 18.5 Å². The van der Waals surface area contributed by atoms with E-state index >= 15 is 4.39 Å². The van der Waals surface area contributed by atoms with Crippen LogP contribution in [0.15, 0.2) is 69.1 Å². The molecule has 0 unspecified atom stereocenters. The van der Waals surface area contributed by atoms with Crippen molar-refractivity contribution in [3.63, 3.8) is 0 Å². The number of aryl methyl sites for hydroxylation is 1. The highest BCUT2D eigenvalue weighted by Crippen LogP contribution is 2.22. The van der Waals surface area contributed by atoms with Crippen LogP contribution in [0.2, 0.25) is 0 Å². The van der Waals surface area contributed by atoms with Gasteiger partial charge < -0.3 is 10.2 Å². The summed E-state index contributed by atoms with van der Waals surface area (Å²) in [5.41, 5.74) is 0.772. The molecule has 0 aliphatic heterocycles. The molecular formula is C28H28FN3O5S2. The number of amides is 1. The third kappa shape index (κ3) is 6.49. The molecule has 39 heavy (non-hydrogen) atoms. The summed E-state index contributed by atoms with van der Waals surface area (Å²) in [5, 5.41) is 5.18. The van der Waals surface area contributed by atoms with Gasteiger partial charge in [0.1, 0.15) is 15.8 Å². The molecule has 1 N–H and O–H groups in total. The largest absolute Gasteiger partial charge is 0.351 e. The van der Waals surface area contributed by atoms with Crippen molar-refractivity contribution in [1.82, 2.24) is 14.8 Å². The van der Waals surface area contributed by atoms with Crippen LogP contribution < -0.4 is 10.9 Å². The van der Waals surface area contributed by atoms with Gasteiger partial charge in [-0.2, -0.15) is 0 Å². The first kappa shape index (κ1) is 28.3. The zero-order valence-corrected chi connectivity index (χ0v) is 23.4. The predicted octanol–water partition coefficient (Wildman–Crippen LogP) is 3.38. The number of thiophene rings is 1. The Bertz CT molecular complexity index is 1710. The van der Waals surface area contributed by atoms with E-state index in [0.717, 1.165) is 27.5 Å². The average molecular weight is 570 g/mol. The minimum atomic E-state index is -3.76. The highest BCUT2D eigenvalue weighted by Gasteiger charge is 2.22. The van der Waals surface area contributed by atoms with E-state index in [1.54, 1.807) is 29.6 Å². The number of likely N-dealkylation sites (N-methyl/N-ethyl adjacent to an activating group) is 1. The van der Waals surface area contributed by atoms with E-state index in [-0.39, 0.29) is 32.8 Å². The molecule has 0 atom stereocenters. The number of benzene rings is 2. The number of aromatic nitrogens is 1. The summed E-state index contributed by atoms with van der Waals surface area (Å²) in [6.45, 7) is 2.85. The molecule has 2 aromatic carbocycles. The Morgan fingerprint density at radius 2 is 1.85 bits per heavy atom. The summed E-state index contributed by atoms with van der Waals surface area (Å²) in [7, 11) is 0.00302. The number of Topliss-reactive ketones (excluding diaryl/α,β-unsaturated/α-hetero) is 1. The molecule has 0 saturated heterocycles. The molecule has 204 valence electrons. The molecule has 0 radical (unpaired) electrons. The second-order valence-electron chi connectivity index (χ2n) is 9.52. The number of sulfone groups is 1. The van der Waals surface area contributed by atoms with Crippen LogP contribution in [-0.2, 0) is 21.1 Å². The maximum absolute atomic E-state index is 15.3. The summed E-state index contributed by atoms with van der Waals surface area (Å²) in [4.78, 5) is 40.8. The van der Waals surface area contributed by atoms with Gasteiger partial charge in [-0.25, -0.2) is 12.8 Å². The number of fused-ring (bicyclic) bond motifs is 1. The molecule has 0 fully saturated rings. The predicted molar refractivity (Wildman–Crippen MR) is 150 cm³/mol. The number of carbonyl (C=O) groups excluding carboxylic acids is 2. The highest BCUT2D eigenvalue weighted by molar-refractivity contribution is 7.94. The molecule has 1 amide bonds. The van der Waals surface area contributed by atoms with E-state index in [1.165, 1.54) is 24.4 Å². The van der Waals surface area contributed by atoms with Crippen LogP contribution >= 0.6 is 11.3 Å². The lowest BCUT2D eigenvalue weighted by Crippen LogP contribution is -2.32. The number of rotatable bonds is 10. The fourth-order valence-corrected chi connectivity index (χ4v) is 6.49. The Hall–Kier alpha value is -3.67. The van der Waals surface area contributed by atoms with Crippen molar-refractivity contribution < 1.29 is 22.4 Å². The normalized spacial score (nSPS) is 11.7. The Kier molecular flexibility index (Phi) is 8.43. The molecule has 2 aromatic heterocycles. The minimum Gasteiger partial charge on any atom is -0.351 e. The van der Waals surface area contributed by atoms with Gasteiger partial charge in [-0.3, -0.25) is 19.0 Å². The van der Waals surface area contributed by atoms with Crippen LogP contribution in [0.3, 0.4) is 0 Å². The van der Waals surface area contributed by atoms with Crippen molar-refractivity contribution in [2.24, 2.45) is 0 Å². The van der Waals surface area contributed by atoms with Gasteiger partial charge >= 0.3 is 0 Å².